The van der Waals surface area contributed by atoms with Gasteiger partial charge in [0.25, 0.3) is 12.3 Å². The van der Waals surface area contributed by atoms with E-state index in [1.165, 1.54) is 52.8 Å². The molecule has 1 N–H and O–H groups in total. The molecule has 1 amide bonds. The van der Waals surface area contributed by atoms with E-state index in [2.05, 4.69) is 5.32 Å². The van der Waals surface area contributed by atoms with Crippen molar-refractivity contribution in [1.82, 2.24) is 4.31 Å². The van der Waals surface area contributed by atoms with Gasteiger partial charge < -0.3 is 10.1 Å². The highest BCUT2D eigenvalue weighted by atomic mass is 32.2. The molecule has 3 rings (SSSR count). The normalized spacial score (nSPS) is 15.7. The maximum atomic E-state index is 12.8. The van der Waals surface area contributed by atoms with Crippen molar-refractivity contribution in [2.24, 2.45) is 0 Å². The molecule has 1 aliphatic rings. The molecular formula is C18H18F2N2O4S. The molecule has 144 valence electrons. The summed E-state index contributed by atoms with van der Waals surface area (Å²) in [6.45, 7) is 1.14. The zero-order chi connectivity index (χ0) is 19.4. The molecule has 0 saturated carbocycles. The Morgan fingerprint density at radius 3 is 2.48 bits per heavy atom. The van der Waals surface area contributed by atoms with E-state index in [4.69, 9.17) is 4.74 Å². The first-order valence-electron chi connectivity index (χ1n) is 8.25. The molecule has 2 aromatic carbocycles. The standard InChI is InChI=1S/C18H18F2N2O4S/c19-17(20)13-3-1-5-15(11-13)21-18(23)14-4-2-6-16(12-14)27(24,25)22-7-9-26-10-8-22/h1-6,11-12,17H,7-10H2,(H,21,23). The molecule has 0 aliphatic carbocycles. The van der Waals surface area contributed by atoms with Crippen molar-refractivity contribution in [1.29, 1.82) is 0 Å². The molecular weight excluding hydrogens is 378 g/mol. The van der Waals surface area contributed by atoms with Crippen LogP contribution in [0.3, 0.4) is 0 Å². The fraction of sp³-hybridized carbons (Fsp3) is 0.278. The number of alkyl halides is 2. The average Bonchev–Trinajstić information content (AvgIpc) is 2.69. The molecule has 1 saturated heterocycles. The number of hydrogen-bond acceptors (Lipinski definition) is 4. The van der Waals surface area contributed by atoms with Crippen LogP contribution < -0.4 is 5.32 Å². The lowest BCUT2D eigenvalue weighted by Crippen LogP contribution is -2.40. The minimum absolute atomic E-state index is 0.00150. The number of carbonyl (C=O) groups excluding carboxylic acids is 1. The fourth-order valence-corrected chi connectivity index (χ4v) is 4.14. The van der Waals surface area contributed by atoms with Gasteiger partial charge in [0.2, 0.25) is 10.0 Å². The predicted molar refractivity (Wildman–Crippen MR) is 95.4 cm³/mol. The first-order chi connectivity index (χ1) is 12.9. The van der Waals surface area contributed by atoms with Crippen molar-refractivity contribution in [2.45, 2.75) is 11.3 Å². The topological polar surface area (TPSA) is 75.7 Å². The molecule has 0 radical (unpaired) electrons. The Kier molecular flexibility index (Phi) is 5.83. The minimum atomic E-state index is -3.73. The Labute approximate surface area is 155 Å². The number of benzene rings is 2. The number of amides is 1. The number of anilines is 1. The predicted octanol–water partition coefficient (Wildman–Crippen LogP) is 2.90. The van der Waals surface area contributed by atoms with Crippen molar-refractivity contribution in [3.8, 4) is 0 Å². The number of nitrogens with one attached hydrogen (secondary N) is 1. The number of carbonyl (C=O) groups is 1. The van der Waals surface area contributed by atoms with Crippen LogP contribution in [-0.4, -0.2) is 44.9 Å². The second-order valence-electron chi connectivity index (χ2n) is 5.92. The van der Waals surface area contributed by atoms with Crippen molar-refractivity contribution in [3.63, 3.8) is 0 Å². The van der Waals surface area contributed by atoms with E-state index in [0.29, 0.717) is 13.2 Å². The third-order valence-corrected chi connectivity index (χ3v) is 6.00. The summed E-state index contributed by atoms with van der Waals surface area (Å²) in [5.74, 6) is -0.583. The van der Waals surface area contributed by atoms with Gasteiger partial charge in [-0.1, -0.05) is 18.2 Å². The number of morpholine rings is 1. The maximum Gasteiger partial charge on any atom is 0.263 e. The van der Waals surface area contributed by atoms with Crippen LogP contribution in [0.4, 0.5) is 14.5 Å². The van der Waals surface area contributed by atoms with Gasteiger partial charge in [-0.2, -0.15) is 4.31 Å². The minimum Gasteiger partial charge on any atom is -0.379 e. The summed E-state index contributed by atoms with van der Waals surface area (Å²) < 4.78 is 57.4. The van der Waals surface area contributed by atoms with Gasteiger partial charge in [-0.05, 0) is 30.3 Å². The van der Waals surface area contributed by atoms with Crippen molar-refractivity contribution in [2.75, 3.05) is 31.6 Å². The lowest BCUT2D eigenvalue weighted by atomic mass is 10.2. The lowest BCUT2D eigenvalue weighted by molar-refractivity contribution is 0.0730. The van der Waals surface area contributed by atoms with E-state index in [-0.39, 0.29) is 34.8 Å². The Hall–Kier alpha value is -2.36. The van der Waals surface area contributed by atoms with Crippen LogP contribution in [0.25, 0.3) is 0 Å². The summed E-state index contributed by atoms with van der Waals surface area (Å²) >= 11 is 0. The zero-order valence-corrected chi connectivity index (χ0v) is 15.1. The molecule has 0 aromatic heterocycles. The van der Waals surface area contributed by atoms with E-state index >= 15 is 0 Å². The Morgan fingerprint density at radius 1 is 1.07 bits per heavy atom. The van der Waals surface area contributed by atoms with Crippen molar-refractivity contribution < 1.29 is 26.7 Å². The highest BCUT2D eigenvalue weighted by Gasteiger charge is 2.26. The van der Waals surface area contributed by atoms with Crippen LogP contribution in [-0.2, 0) is 14.8 Å². The first-order valence-corrected chi connectivity index (χ1v) is 9.69. The second kappa shape index (κ2) is 8.12. The molecule has 27 heavy (non-hydrogen) atoms. The van der Waals surface area contributed by atoms with E-state index in [1.54, 1.807) is 0 Å². The summed E-state index contributed by atoms with van der Waals surface area (Å²) in [6.07, 6.45) is -2.65. The number of ether oxygens (including phenoxy) is 1. The van der Waals surface area contributed by atoms with Crippen LogP contribution in [0.15, 0.2) is 53.4 Å². The van der Waals surface area contributed by atoms with Crippen molar-refractivity contribution in [3.05, 3.63) is 59.7 Å². The highest BCUT2D eigenvalue weighted by Crippen LogP contribution is 2.23. The van der Waals surface area contributed by atoms with Gasteiger partial charge in [0.1, 0.15) is 0 Å². The quantitative estimate of drug-likeness (QED) is 0.843. The fourth-order valence-electron chi connectivity index (χ4n) is 2.69. The Morgan fingerprint density at radius 2 is 1.78 bits per heavy atom. The summed E-state index contributed by atoms with van der Waals surface area (Å²) in [5, 5.41) is 2.51. The molecule has 0 atom stereocenters. The SMILES string of the molecule is O=C(Nc1cccc(C(F)F)c1)c1cccc(S(=O)(=O)N2CCOCC2)c1. The Bertz CT molecular complexity index is 928. The van der Waals surface area contributed by atoms with Gasteiger partial charge in [-0.15, -0.1) is 0 Å². The molecule has 0 spiro atoms. The van der Waals surface area contributed by atoms with Gasteiger partial charge in [0.15, 0.2) is 0 Å². The number of halogens is 2. The second-order valence-corrected chi connectivity index (χ2v) is 7.86. The molecule has 2 aromatic rings. The summed E-state index contributed by atoms with van der Waals surface area (Å²) in [6, 6.07) is 11.0. The lowest BCUT2D eigenvalue weighted by Gasteiger charge is -2.26. The third-order valence-electron chi connectivity index (χ3n) is 4.10. The molecule has 1 aliphatic heterocycles. The van der Waals surface area contributed by atoms with Crippen LogP contribution in [0.5, 0.6) is 0 Å². The largest absolute Gasteiger partial charge is 0.379 e. The van der Waals surface area contributed by atoms with E-state index in [9.17, 15) is 22.0 Å². The number of nitrogens with zero attached hydrogens (tertiary/aromatic N) is 1. The monoisotopic (exact) mass is 396 g/mol. The zero-order valence-electron chi connectivity index (χ0n) is 14.3. The van der Waals surface area contributed by atoms with Gasteiger partial charge >= 0.3 is 0 Å². The summed E-state index contributed by atoms with van der Waals surface area (Å²) in [7, 11) is -3.73. The van der Waals surface area contributed by atoms with Gasteiger partial charge in [0.05, 0.1) is 18.1 Å². The van der Waals surface area contributed by atoms with Crippen molar-refractivity contribution >= 4 is 21.6 Å². The van der Waals surface area contributed by atoms with E-state index in [1.807, 2.05) is 0 Å². The molecule has 1 fully saturated rings. The van der Waals surface area contributed by atoms with Crippen LogP contribution in [0.2, 0.25) is 0 Å². The van der Waals surface area contributed by atoms with Crippen LogP contribution >= 0.6 is 0 Å². The summed E-state index contributed by atoms with van der Waals surface area (Å²) in [5.41, 5.74) is 0.113. The van der Waals surface area contributed by atoms with Crippen LogP contribution in [0, 0.1) is 0 Å². The Balaban J connectivity index is 1.80. The number of sulfonamides is 1. The summed E-state index contributed by atoms with van der Waals surface area (Å²) in [4.78, 5) is 12.4. The van der Waals surface area contributed by atoms with Gasteiger partial charge in [0, 0.05) is 29.9 Å². The third kappa shape index (κ3) is 4.49. The maximum absolute atomic E-state index is 12.8. The van der Waals surface area contributed by atoms with E-state index < -0.39 is 22.4 Å². The molecule has 0 unspecified atom stereocenters. The van der Waals surface area contributed by atoms with Gasteiger partial charge in [-0.25, -0.2) is 17.2 Å². The highest BCUT2D eigenvalue weighted by molar-refractivity contribution is 7.89. The molecule has 6 nitrogen and oxygen atoms in total. The van der Waals surface area contributed by atoms with Gasteiger partial charge in [-0.3, -0.25) is 4.79 Å². The number of rotatable bonds is 5. The molecule has 1 heterocycles. The first kappa shape index (κ1) is 19.4. The molecule has 9 heteroatoms. The number of hydrogen-bond donors (Lipinski definition) is 1. The average molecular weight is 396 g/mol. The van der Waals surface area contributed by atoms with E-state index in [0.717, 1.165) is 0 Å². The van der Waals surface area contributed by atoms with Crippen LogP contribution in [0.1, 0.15) is 22.3 Å². The smallest absolute Gasteiger partial charge is 0.263 e. The molecule has 0 bridgehead atoms.